The van der Waals surface area contributed by atoms with E-state index in [1.807, 2.05) is 0 Å². The van der Waals surface area contributed by atoms with Gasteiger partial charge in [0.2, 0.25) is 0 Å². The smallest absolute Gasteiger partial charge is 0.167 e. The number of benzene rings is 1. The first kappa shape index (κ1) is 15.6. The Kier molecular flexibility index (Phi) is 3.86. The lowest BCUT2D eigenvalue weighted by atomic mass is 9.86. The minimum absolute atomic E-state index is 0.166. The van der Waals surface area contributed by atoms with Gasteiger partial charge in [0.25, 0.3) is 0 Å². The van der Waals surface area contributed by atoms with Gasteiger partial charge in [-0.1, -0.05) is 0 Å². The molecule has 2 atom stereocenters. The molecule has 6 heteroatoms. The quantitative estimate of drug-likeness (QED) is 0.822. The predicted octanol–water partition coefficient (Wildman–Crippen LogP) is 1.47. The molecule has 1 heterocycles. The minimum atomic E-state index is -1.22. The monoisotopic (exact) mass is 296 g/mol. The Morgan fingerprint density at radius 3 is 2.38 bits per heavy atom. The lowest BCUT2D eigenvalue weighted by Gasteiger charge is -2.40. The number of fused-ring (bicyclic) bond motifs is 1. The van der Waals surface area contributed by atoms with Crippen molar-refractivity contribution in [3.05, 3.63) is 17.2 Å². The van der Waals surface area contributed by atoms with E-state index in [2.05, 4.69) is 0 Å². The van der Waals surface area contributed by atoms with Crippen molar-refractivity contribution in [3.8, 4) is 17.2 Å². The molecule has 6 nitrogen and oxygen atoms in total. The van der Waals surface area contributed by atoms with Crippen molar-refractivity contribution in [1.82, 2.24) is 0 Å². The number of rotatable bonds is 3. The largest absolute Gasteiger partial charge is 0.496 e. The SMILES string of the molecule is COc1cc2c(c(OC)c1C(C)=O)C(O)C(O)C(C)(C)O2. The van der Waals surface area contributed by atoms with Crippen LogP contribution >= 0.6 is 0 Å². The third-order valence-electron chi connectivity index (χ3n) is 3.70. The van der Waals surface area contributed by atoms with Gasteiger partial charge in [0.05, 0.1) is 19.8 Å². The zero-order chi connectivity index (χ0) is 15.9. The van der Waals surface area contributed by atoms with E-state index in [4.69, 9.17) is 14.2 Å². The number of aliphatic hydroxyl groups excluding tert-OH is 2. The fraction of sp³-hybridized carbons (Fsp3) is 0.533. The number of methoxy groups -OCH3 is 2. The normalized spacial score (nSPS) is 23.0. The lowest BCUT2D eigenvalue weighted by Crippen LogP contribution is -2.48. The Morgan fingerprint density at radius 1 is 1.29 bits per heavy atom. The van der Waals surface area contributed by atoms with Crippen molar-refractivity contribution in [2.75, 3.05) is 14.2 Å². The van der Waals surface area contributed by atoms with Crippen LogP contribution in [0.4, 0.5) is 0 Å². The van der Waals surface area contributed by atoms with Crippen molar-refractivity contribution in [2.45, 2.75) is 38.6 Å². The molecule has 0 fully saturated rings. The fourth-order valence-electron chi connectivity index (χ4n) is 2.58. The molecule has 0 spiro atoms. The van der Waals surface area contributed by atoms with Gasteiger partial charge in [0, 0.05) is 6.07 Å². The van der Waals surface area contributed by atoms with Gasteiger partial charge >= 0.3 is 0 Å². The molecular weight excluding hydrogens is 276 g/mol. The number of Topliss-reactive ketones (excluding diaryl/α,β-unsaturated/α-hetero) is 1. The van der Waals surface area contributed by atoms with E-state index >= 15 is 0 Å². The molecule has 0 saturated carbocycles. The molecule has 1 aromatic rings. The van der Waals surface area contributed by atoms with E-state index in [0.717, 1.165) is 0 Å². The maximum absolute atomic E-state index is 11.9. The summed E-state index contributed by atoms with van der Waals surface area (Å²) in [6.45, 7) is 4.71. The molecule has 0 aliphatic carbocycles. The van der Waals surface area contributed by atoms with Gasteiger partial charge in [-0.15, -0.1) is 0 Å². The first-order valence-electron chi connectivity index (χ1n) is 6.59. The topological polar surface area (TPSA) is 85.2 Å². The summed E-state index contributed by atoms with van der Waals surface area (Å²) in [4.78, 5) is 11.9. The maximum Gasteiger partial charge on any atom is 0.167 e. The van der Waals surface area contributed by atoms with Crippen LogP contribution in [-0.4, -0.2) is 41.9 Å². The summed E-state index contributed by atoms with van der Waals surface area (Å²) in [5.41, 5.74) is -0.496. The molecule has 2 rings (SSSR count). The lowest BCUT2D eigenvalue weighted by molar-refractivity contribution is -0.112. The molecule has 116 valence electrons. The first-order chi connectivity index (χ1) is 9.74. The van der Waals surface area contributed by atoms with Crippen LogP contribution in [-0.2, 0) is 0 Å². The maximum atomic E-state index is 11.9. The van der Waals surface area contributed by atoms with Crippen LogP contribution in [0.5, 0.6) is 17.2 Å². The molecule has 2 N–H and O–H groups in total. The first-order valence-corrected chi connectivity index (χ1v) is 6.59. The Hall–Kier alpha value is -1.79. The third kappa shape index (κ3) is 2.34. The van der Waals surface area contributed by atoms with Crippen LogP contribution in [0.15, 0.2) is 6.07 Å². The molecule has 1 aliphatic heterocycles. The summed E-state index contributed by atoms with van der Waals surface area (Å²) in [6.07, 6.45) is -2.37. The summed E-state index contributed by atoms with van der Waals surface area (Å²) < 4.78 is 16.2. The summed E-state index contributed by atoms with van der Waals surface area (Å²) >= 11 is 0. The Bertz CT molecular complexity index is 578. The average molecular weight is 296 g/mol. The van der Waals surface area contributed by atoms with Crippen LogP contribution in [0, 0.1) is 0 Å². The Labute approximate surface area is 123 Å². The third-order valence-corrected chi connectivity index (χ3v) is 3.70. The zero-order valence-electron chi connectivity index (χ0n) is 12.8. The molecule has 0 saturated heterocycles. The summed E-state index contributed by atoms with van der Waals surface area (Å²) in [5.74, 6) is 0.533. The van der Waals surface area contributed by atoms with Crippen molar-refractivity contribution >= 4 is 5.78 Å². The number of ketones is 1. The summed E-state index contributed by atoms with van der Waals surface area (Å²) in [5, 5.41) is 20.6. The molecule has 1 aromatic carbocycles. The number of aliphatic hydroxyl groups is 2. The van der Waals surface area contributed by atoms with E-state index in [-0.39, 0.29) is 22.7 Å². The number of ether oxygens (including phenoxy) is 3. The van der Waals surface area contributed by atoms with E-state index in [1.165, 1.54) is 27.2 Å². The van der Waals surface area contributed by atoms with Crippen molar-refractivity contribution in [1.29, 1.82) is 0 Å². The van der Waals surface area contributed by atoms with Gasteiger partial charge < -0.3 is 24.4 Å². The van der Waals surface area contributed by atoms with Gasteiger partial charge in [-0.25, -0.2) is 0 Å². The highest BCUT2D eigenvalue weighted by Gasteiger charge is 2.45. The fourth-order valence-corrected chi connectivity index (χ4v) is 2.58. The predicted molar refractivity (Wildman–Crippen MR) is 75.2 cm³/mol. The van der Waals surface area contributed by atoms with Crippen LogP contribution < -0.4 is 14.2 Å². The molecule has 0 amide bonds. The molecule has 1 aliphatic rings. The number of carbonyl (C=O) groups is 1. The highest BCUT2D eigenvalue weighted by molar-refractivity contribution is 6.00. The number of hydrogen-bond donors (Lipinski definition) is 2. The highest BCUT2D eigenvalue weighted by Crippen LogP contribution is 2.49. The van der Waals surface area contributed by atoms with Gasteiger partial charge in [0.1, 0.15) is 40.6 Å². The van der Waals surface area contributed by atoms with Crippen LogP contribution in [0.3, 0.4) is 0 Å². The van der Waals surface area contributed by atoms with E-state index < -0.39 is 17.8 Å². The van der Waals surface area contributed by atoms with Gasteiger partial charge in [-0.2, -0.15) is 0 Å². The number of carbonyl (C=O) groups excluding carboxylic acids is 1. The molecule has 0 radical (unpaired) electrons. The standard InChI is InChI=1S/C15H20O6/c1-7(16)10-8(19-4)6-9-11(13(10)20-5)12(17)14(18)15(2,3)21-9/h6,12,14,17-18H,1-5H3. The Morgan fingerprint density at radius 2 is 1.90 bits per heavy atom. The molecular formula is C15H20O6. The van der Waals surface area contributed by atoms with E-state index in [9.17, 15) is 15.0 Å². The zero-order valence-corrected chi connectivity index (χ0v) is 12.8. The minimum Gasteiger partial charge on any atom is -0.496 e. The summed E-state index contributed by atoms with van der Waals surface area (Å²) in [6, 6.07) is 1.53. The summed E-state index contributed by atoms with van der Waals surface area (Å²) in [7, 11) is 2.83. The van der Waals surface area contributed by atoms with Crippen molar-refractivity contribution in [2.24, 2.45) is 0 Å². The molecule has 0 aromatic heterocycles. The van der Waals surface area contributed by atoms with Crippen LogP contribution in [0.2, 0.25) is 0 Å². The molecule has 21 heavy (non-hydrogen) atoms. The highest BCUT2D eigenvalue weighted by atomic mass is 16.5. The van der Waals surface area contributed by atoms with E-state index in [1.54, 1.807) is 13.8 Å². The number of hydrogen-bond acceptors (Lipinski definition) is 6. The second kappa shape index (κ2) is 5.20. The van der Waals surface area contributed by atoms with Crippen LogP contribution in [0.25, 0.3) is 0 Å². The van der Waals surface area contributed by atoms with Crippen LogP contribution in [0.1, 0.15) is 42.8 Å². The second-order valence-electron chi connectivity index (χ2n) is 5.55. The second-order valence-corrected chi connectivity index (χ2v) is 5.55. The van der Waals surface area contributed by atoms with Gasteiger partial charge in [-0.3, -0.25) is 4.79 Å². The average Bonchev–Trinajstić information content (AvgIpc) is 2.42. The van der Waals surface area contributed by atoms with Gasteiger partial charge in [0.15, 0.2) is 5.78 Å². The molecule has 0 bridgehead atoms. The van der Waals surface area contributed by atoms with Gasteiger partial charge in [-0.05, 0) is 20.8 Å². The van der Waals surface area contributed by atoms with Crippen molar-refractivity contribution in [3.63, 3.8) is 0 Å². The Balaban J connectivity index is 2.77. The van der Waals surface area contributed by atoms with E-state index in [0.29, 0.717) is 11.5 Å². The molecule has 2 unspecified atom stereocenters. The van der Waals surface area contributed by atoms with Crippen molar-refractivity contribution < 1.29 is 29.2 Å².